The van der Waals surface area contributed by atoms with Gasteiger partial charge in [-0.1, -0.05) is 48.0 Å². The highest BCUT2D eigenvalue weighted by Crippen LogP contribution is 2.23. The fourth-order valence-corrected chi connectivity index (χ4v) is 2.24. The average Bonchev–Trinajstić information content (AvgIpc) is 2.37. The normalized spacial score (nSPS) is 11.1. The molecule has 0 saturated heterocycles. The molecule has 0 bridgehead atoms. The third kappa shape index (κ3) is 3.44. The second-order valence-corrected chi connectivity index (χ2v) is 5.27. The number of halogens is 2. The van der Waals surface area contributed by atoms with Crippen LogP contribution in [-0.2, 0) is 6.42 Å². The quantitative estimate of drug-likeness (QED) is 0.720. The molecule has 0 N–H and O–H groups in total. The lowest BCUT2D eigenvalue weighted by atomic mass is 10.1. The van der Waals surface area contributed by atoms with Gasteiger partial charge in [-0.05, 0) is 52.5 Å². The van der Waals surface area contributed by atoms with Crippen molar-refractivity contribution in [3.63, 3.8) is 0 Å². The Morgan fingerprint density at radius 3 is 2.72 bits per heavy atom. The standard InChI is InChI=1S/C15H13BrClN/c1-11-10-13(16)15(17)18-14(11)9-5-8-12-6-3-2-4-7-12/h2-7,9-10H,8H2,1H3/b9-5-. The highest BCUT2D eigenvalue weighted by Gasteiger charge is 2.02. The van der Waals surface area contributed by atoms with Crippen molar-refractivity contribution >= 4 is 33.6 Å². The molecule has 18 heavy (non-hydrogen) atoms. The topological polar surface area (TPSA) is 12.9 Å². The third-order valence-corrected chi connectivity index (χ3v) is 3.76. The summed E-state index contributed by atoms with van der Waals surface area (Å²) in [7, 11) is 0. The Hall–Kier alpha value is -1.12. The number of aromatic nitrogens is 1. The minimum Gasteiger partial charge on any atom is -0.235 e. The fourth-order valence-electron chi connectivity index (χ4n) is 1.66. The van der Waals surface area contributed by atoms with Crippen LogP contribution in [0, 0.1) is 6.92 Å². The van der Waals surface area contributed by atoms with Gasteiger partial charge in [-0.25, -0.2) is 4.98 Å². The molecule has 1 aromatic heterocycles. The summed E-state index contributed by atoms with van der Waals surface area (Å²) in [6.45, 7) is 2.02. The third-order valence-electron chi connectivity index (χ3n) is 2.64. The van der Waals surface area contributed by atoms with Gasteiger partial charge in [0.2, 0.25) is 0 Å². The minimum atomic E-state index is 0.500. The molecule has 0 amide bonds. The first-order chi connectivity index (χ1) is 8.66. The number of hydrogen-bond donors (Lipinski definition) is 0. The van der Waals surface area contributed by atoms with E-state index in [-0.39, 0.29) is 0 Å². The highest BCUT2D eigenvalue weighted by atomic mass is 79.9. The van der Waals surface area contributed by atoms with Crippen LogP contribution in [0.2, 0.25) is 5.15 Å². The Kier molecular flexibility index (Phi) is 4.56. The number of benzene rings is 1. The van der Waals surface area contributed by atoms with E-state index < -0.39 is 0 Å². The van der Waals surface area contributed by atoms with E-state index in [9.17, 15) is 0 Å². The smallest absolute Gasteiger partial charge is 0.143 e. The van der Waals surface area contributed by atoms with Gasteiger partial charge >= 0.3 is 0 Å². The van der Waals surface area contributed by atoms with Gasteiger partial charge in [0, 0.05) is 0 Å². The Labute approximate surface area is 121 Å². The number of aryl methyl sites for hydroxylation is 1. The number of rotatable bonds is 3. The van der Waals surface area contributed by atoms with Gasteiger partial charge in [0.05, 0.1) is 10.2 Å². The average molecular weight is 323 g/mol. The monoisotopic (exact) mass is 321 g/mol. The molecule has 1 aromatic carbocycles. The zero-order valence-corrected chi connectivity index (χ0v) is 12.4. The molecule has 0 fully saturated rings. The maximum absolute atomic E-state index is 5.99. The summed E-state index contributed by atoms with van der Waals surface area (Å²) in [5, 5.41) is 0.500. The van der Waals surface area contributed by atoms with Crippen LogP contribution in [0.15, 0.2) is 46.9 Å². The summed E-state index contributed by atoms with van der Waals surface area (Å²) in [5.41, 5.74) is 3.31. The van der Waals surface area contributed by atoms with Gasteiger partial charge in [-0.15, -0.1) is 0 Å². The van der Waals surface area contributed by atoms with Crippen LogP contribution in [0.3, 0.4) is 0 Å². The molecule has 0 aliphatic carbocycles. The summed E-state index contributed by atoms with van der Waals surface area (Å²) in [6, 6.07) is 12.3. The number of nitrogens with zero attached hydrogens (tertiary/aromatic N) is 1. The van der Waals surface area contributed by atoms with Crippen molar-refractivity contribution in [3.8, 4) is 0 Å². The second kappa shape index (κ2) is 6.17. The van der Waals surface area contributed by atoms with E-state index in [0.29, 0.717) is 5.15 Å². The van der Waals surface area contributed by atoms with Crippen LogP contribution in [0.1, 0.15) is 16.8 Å². The van der Waals surface area contributed by atoms with Gasteiger partial charge in [-0.3, -0.25) is 0 Å². The predicted octanol–water partition coefficient (Wildman–Crippen LogP) is 5.06. The van der Waals surface area contributed by atoms with Crippen molar-refractivity contribution in [3.05, 3.63) is 68.9 Å². The van der Waals surface area contributed by atoms with Gasteiger partial charge < -0.3 is 0 Å². The van der Waals surface area contributed by atoms with Crippen molar-refractivity contribution in [2.45, 2.75) is 13.3 Å². The molecule has 0 radical (unpaired) electrons. The van der Waals surface area contributed by atoms with Gasteiger partial charge in [0.1, 0.15) is 5.15 Å². The van der Waals surface area contributed by atoms with Crippen LogP contribution in [-0.4, -0.2) is 4.98 Å². The predicted molar refractivity (Wildman–Crippen MR) is 80.9 cm³/mol. The Bertz CT molecular complexity index is 564. The van der Waals surface area contributed by atoms with Crippen molar-refractivity contribution < 1.29 is 0 Å². The number of pyridine rings is 1. The summed E-state index contributed by atoms with van der Waals surface area (Å²) < 4.78 is 0.835. The van der Waals surface area contributed by atoms with Crippen molar-refractivity contribution in [2.75, 3.05) is 0 Å². The molecule has 0 saturated carbocycles. The fraction of sp³-hybridized carbons (Fsp3) is 0.133. The second-order valence-electron chi connectivity index (χ2n) is 4.06. The van der Waals surface area contributed by atoms with Crippen molar-refractivity contribution in [1.29, 1.82) is 0 Å². The molecule has 92 valence electrons. The summed E-state index contributed by atoms with van der Waals surface area (Å²) in [6.07, 6.45) is 5.02. The molecule has 0 aliphatic heterocycles. The summed E-state index contributed by atoms with van der Waals surface area (Å²) >= 11 is 9.36. The first-order valence-corrected chi connectivity index (χ1v) is 6.87. The summed E-state index contributed by atoms with van der Waals surface area (Å²) in [5.74, 6) is 0. The SMILES string of the molecule is Cc1cc(Br)c(Cl)nc1/C=C\Cc1ccccc1. The first kappa shape index (κ1) is 13.3. The van der Waals surface area contributed by atoms with E-state index in [1.807, 2.05) is 37.3 Å². The van der Waals surface area contributed by atoms with E-state index in [1.165, 1.54) is 5.56 Å². The molecule has 0 atom stereocenters. The highest BCUT2D eigenvalue weighted by molar-refractivity contribution is 9.10. The van der Waals surface area contributed by atoms with Crippen LogP contribution in [0.5, 0.6) is 0 Å². The molecule has 2 rings (SSSR count). The van der Waals surface area contributed by atoms with Crippen LogP contribution < -0.4 is 0 Å². The van der Waals surface area contributed by atoms with Crippen molar-refractivity contribution in [2.24, 2.45) is 0 Å². The van der Waals surface area contributed by atoms with Crippen LogP contribution in [0.4, 0.5) is 0 Å². The molecule has 0 spiro atoms. The van der Waals surface area contributed by atoms with Gasteiger partial charge in [0.15, 0.2) is 0 Å². The first-order valence-electron chi connectivity index (χ1n) is 5.70. The van der Waals surface area contributed by atoms with Gasteiger partial charge in [-0.2, -0.15) is 0 Å². The number of hydrogen-bond acceptors (Lipinski definition) is 1. The Morgan fingerprint density at radius 2 is 2.00 bits per heavy atom. The number of allylic oxidation sites excluding steroid dienone is 1. The summed E-state index contributed by atoms with van der Waals surface area (Å²) in [4.78, 5) is 4.34. The van der Waals surface area contributed by atoms with E-state index in [1.54, 1.807) is 0 Å². The van der Waals surface area contributed by atoms with Crippen molar-refractivity contribution in [1.82, 2.24) is 4.98 Å². The molecule has 0 aliphatic rings. The molecule has 1 nitrogen and oxygen atoms in total. The lowest BCUT2D eigenvalue weighted by Crippen LogP contribution is -1.89. The minimum absolute atomic E-state index is 0.500. The molecular weight excluding hydrogens is 310 g/mol. The largest absolute Gasteiger partial charge is 0.235 e. The molecule has 3 heteroatoms. The van der Waals surface area contributed by atoms with E-state index in [0.717, 1.165) is 22.2 Å². The molecular formula is C15H13BrClN. The Morgan fingerprint density at radius 1 is 1.28 bits per heavy atom. The maximum atomic E-state index is 5.99. The zero-order valence-electron chi connectivity index (χ0n) is 10.0. The van der Waals surface area contributed by atoms with E-state index >= 15 is 0 Å². The molecule has 0 unspecified atom stereocenters. The Balaban J connectivity index is 2.12. The molecule has 2 aromatic rings. The van der Waals surface area contributed by atoms with E-state index in [4.69, 9.17) is 11.6 Å². The molecule has 1 heterocycles. The van der Waals surface area contributed by atoms with E-state index in [2.05, 4.69) is 39.1 Å². The van der Waals surface area contributed by atoms with Crippen LogP contribution in [0.25, 0.3) is 6.08 Å². The van der Waals surface area contributed by atoms with Crippen LogP contribution >= 0.6 is 27.5 Å². The van der Waals surface area contributed by atoms with Gasteiger partial charge in [0.25, 0.3) is 0 Å². The lowest BCUT2D eigenvalue weighted by Gasteiger charge is -2.02. The maximum Gasteiger partial charge on any atom is 0.143 e. The lowest BCUT2D eigenvalue weighted by molar-refractivity contribution is 1.21. The zero-order chi connectivity index (χ0) is 13.0.